The predicted molar refractivity (Wildman–Crippen MR) is 94.6 cm³/mol. The topological polar surface area (TPSA) is 38.8 Å². The highest BCUT2D eigenvalue weighted by atomic mass is 16.5. The van der Waals surface area contributed by atoms with E-state index < -0.39 is 5.41 Å². The van der Waals surface area contributed by atoms with Gasteiger partial charge in [-0.3, -0.25) is 4.79 Å². The van der Waals surface area contributed by atoms with Crippen molar-refractivity contribution in [3.05, 3.63) is 35.9 Å². The van der Waals surface area contributed by atoms with Gasteiger partial charge in [0.15, 0.2) is 11.5 Å². The van der Waals surface area contributed by atoms with Gasteiger partial charge in [0.1, 0.15) is 0 Å². The molecule has 2 aliphatic rings. The third-order valence-corrected chi connectivity index (χ3v) is 5.54. The van der Waals surface area contributed by atoms with E-state index in [1.807, 2.05) is 23.1 Å². The smallest absolute Gasteiger partial charge is 0.234 e. The zero-order valence-electron chi connectivity index (χ0n) is 14.9. The molecule has 1 amide bonds. The second-order valence-corrected chi connectivity index (χ2v) is 6.72. The molecule has 0 saturated heterocycles. The van der Waals surface area contributed by atoms with Crippen LogP contribution in [0.15, 0.2) is 30.4 Å². The minimum absolute atomic E-state index is 0.232. The number of hydrogen-bond acceptors (Lipinski definition) is 3. The number of carbonyl (C=O) groups excluding carboxylic acids is 1. The van der Waals surface area contributed by atoms with Gasteiger partial charge in [-0.05, 0) is 37.0 Å². The van der Waals surface area contributed by atoms with Gasteiger partial charge in [-0.15, -0.1) is 0 Å². The summed E-state index contributed by atoms with van der Waals surface area (Å²) < 4.78 is 10.8. The van der Waals surface area contributed by atoms with E-state index in [1.54, 1.807) is 14.2 Å². The molecule has 4 nitrogen and oxygen atoms in total. The fourth-order valence-corrected chi connectivity index (χ4v) is 4.17. The van der Waals surface area contributed by atoms with Crippen molar-refractivity contribution in [3.8, 4) is 11.5 Å². The maximum Gasteiger partial charge on any atom is 0.234 e. The molecule has 0 bridgehead atoms. The number of hydrogen-bond donors (Lipinski definition) is 0. The molecule has 1 aromatic carbocycles. The first-order chi connectivity index (χ1) is 11.7. The molecule has 3 rings (SSSR count). The highest BCUT2D eigenvalue weighted by Gasteiger charge is 2.46. The lowest BCUT2D eigenvalue weighted by Gasteiger charge is -2.36. The standard InChI is InChI=1S/C20H27NO3/c1-4-16-8-7-13-21(16)19(22)20(11-5-6-12-20)15-9-10-17(23-2)18(14-15)24-3/h7-10,14,16H,4-6,11-13H2,1-3H3. The van der Waals surface area contributed by atoms with E-state index in [9.17, 15) is 4.79 Å². The monoisotopic (exact) mass is 329 g/mol. The molecule has 24 heavy (non-hydrogen) atoms. The minimum Gasteiger partial charge on any atom is -0.493 e. The summed E-state index contributed by atoms with van der Waals surface area (Å²) in [5, 5.41) is 0. The first-order valence-electron chi connectivity index (χ1n) is 8.86. The summed E-state index contributed by atoms with van der Waals surface area (Å²) in [6, 6.07) is 6.18. The van der Waals surface area contributed by atoms with Crippen LogP contribution in [0.5, 0.6) is 11.5 Å². The fourth-order valence-electron chi connectivity index (χ4n) is 4.17. The number of benzene rings is 1. The molecule has 1 aromatic rings. The molecule has 1 atom stereocenters. The number of amides is 1. The van der Waals surface area contributed by atoms with Crippen LogP contribution in [0.3, 0.4) is 0 Å². The zero-order valence-corrected chi connectivity index (χ0v) is 14.9. The Morgan fingerprint density at radius 3 is 2.54 bits per heavy atom. The summed E-state index contributed by atoms with van der Waals surface area (Å²) in [6.07, 6.45) is 9.25. The van der Waals surface area contributed by atoms with E-state index in [0.717, 1.165) is 44.2 Å². The lowest BCUT2D eigenvalue weighted by Crippen LogP contribution is -2.47. The van der Waals surface area contributed by atoms with Crippen molar-refractivity contribution in [2.45, 2.75) is 50.5 Å². The molecule has 130 valence electrons. The summed E-state index contributed by atoms with van der Waals surface area (Å²) in [6.45, 7) is 2.87. The van der Waals surface area contributed by atoms with Gasteiger partial charge < -0.3 is 14.4 Å². The maximum atomic E-state index is 13.5. The molecule has 4 heteroatoms. The van der Waals surface area contributed by atoms with E-state index in [0.29, 0.717) is 11.5 Å². The van der Waals surface area contributed by atoms with Crippen molar-refractivity contribution in [1.29, 1.82) is 0 Å². The van der Waals surface area contributed by atoms with E-state index in [2.05, 4.69) is 19.1 Å². The first-order valence-corrected chi connectivity index (χ1v) is 8.86. The Morgan fingerprint density at radius 1 is 1.21 bits per heavy atom. The molecule has 1 aliphatic carbocycles. The molecule has 0 radical (unpaired) electrons. The predicted octanol–water partition coefficient (Wildman–Crippen LogP) is 3.69. The third kappa shape index (κ3) is 2.68. The lowest BCUT2D eigenvalue weighted by molar-refractivity contribution is -0.137. The van der Waals surface area contributed by atoms with Gasteiger partial charge in [0.25, 0.3) is 0 Å². The molecule has 0 N–H and O–H groups in total. The molecule has 0 aromatic heterocycles. The van der Waals surface area contributed by atoms with Gasteiger partial charge in [-0.1, -0.05) is 38.0 Å². The Balaban J connectivity index is 1.98. The quantitative estimate of drug-likeness (QED) is 0.773. The Hall–Kier alpha value is -1.97. The number of carbonyl (C=O) groups is 1. The zero-order chi connectivity index (χ0) is 17.2. The van der Waals surface area contributed by atoms with Crippen LogP contribution in [0.25, 0.3) is 0 Å². The highest BCUT2D eigenvalue weighted by molar-refractivity contribution is 5.89. The van der Waals surface area contributed by atoms with Crippen molar-refractivity contribution in [2.24, 2.45) is 0 Å². The second-order valence-electron chi connectivity index (χ2n) is 6.72. The van der Waals surface area contributed by atoms with Crippen LogP contribution in [0, 0.1) is 0 Å². The maximum absolute atomic E-state index is 13.5. The van der Waals surface area contributed by atoms with Crippen LogP contribution in [0.1, 0.15) is 44.6 Å². The van der Waals surface area contributed by atoms with Crippen molar-refractivity contribution >= 4 is 5.91 Å². The normalized spacial score (nSPS) is 22.0. The van der Waals surface area contributed by atoms with Gasteiger partial charge in [0, 0.05) is 6.54 Å². The first kappa shape index (κ1) is 16.9. The summed E-state index contributed by atoms with van der Waals surface area (Å²) in [7, 11) is 3.28. The number of rotatable bonds is 5. The Kier molecular flexibility index (Phi) is 4.83. The van der Waals surface area contributed by atoms with Gasteiger partial charge in [-0.25, -0.2) is 0 Å². The van der Waals surface area contributed by atoms with Crippen LogP contribution in [0.4, 0.5) is 0 Å². The Morgan fingerprint density at radius 2 is 1.92 bits per heavy atom. The molecule has 1 unspecified atom stereocenters. The van der Waals surface area contributed by atoms with E-state index >= 15 is 0 Å². The molecular formula is C20H27NO3. The van der Waals surface area contributed by atoms with Crippen LogP contribution < -0.4 is 9.47 Å². The van der Waals surface area contributed by atoms with Gasteiger partial charge in [-0.2, -0.15) is 0 Å². The lowest BCUT2D eigenvalue weighted by atomic mass is 9.77. The van der Waals surface area contributed by atoms with Crippen molar-refractivity contribution in [2.75, 3.05) is 20.8 Å². The van der Waals surface area contributed by atoms with Gasteiger partial charge in [0.2, 0.25) is 5.91 Å². The van der Waals surface area contributed by atoms with Crippen molar-refractivity contribution < 1.29 is 14.3 Å². The third-order valence-electron chi connectivity index (χ3n) is 5.54. The molecular weight excluding hydrogens is 302 g/mol. The van der Waals surface area contributed by atoms with Crippen molar-refractivity contribution in [3.63, 3.8) is 0 Å². The Labute approximate surface area is 144 Å². The van der Waals surface area contributed by atoms with Crippen LogP contribution in [-0.2, 0) is 10.2 Å². The number of methoxy groups -OCH3 is 2. The largest absolute Gasteiger partial charge is 0.493 e. The van der Waals surface area contributed by atoms with E-state index in [-0.39, 0.29) is 11.9 Å². The molecule has 1 heterocycles. The van der Waals surface area contributed by atoms with E-state index in [4.69, 9.17) is 9.47 Å². The van der Waals surface area contributed by atoms with Gasteiger partial charge >= 0.3 is 0 Å². The molecule has 0 spiro atoms. The molecule has 1 saturated carbocycles. The SMILES string of the molecule is CCC1C=CCN1C(=O)C1(c2ccc(OC)c(OC)c2)CCCC1. The molecule has 1 fully saturated rings. The summed E-state index contributed by atoms with van der Waals surface area (Å²) >= 11 is 0. The van der Waals surface area contributed by atoms with Crippen molar-refractivity contribution in [1.82, 2.24) is 4.90 Å². The summed E-state index contributed by atoms with van der Waals surface area (Å²) in [4.78, 5) is 15.6. The van der Waals surface area contributed by atoms with Gasteiger partial charge in [0.05, 0.1) is 25.7 Å². The van der Waals surface area contributed by atoms with Crippen LogP contribution >= 0.6 is 0 Å². The average molecular weight is 329 g/mol. The minimum atomic E-state index is -0.418. The number of ether oxygens (including phenoxy) is 2. The van der Waals surface area contributed by atoms with Crippen LogP contribution in [0.2, 0.25) is 0 Å². The summed E-state index contributed by atoms with van der Waals surface area (Å²) in [5.74, 6) is 1.67. The average Bonchev–Trinajstić information content (AvgIpc) is 3.30. The fraction of sp³-hybridized carbons (Fsp3) is 0.550. The number of nitrogens with zero attached hydrogens (tertiary/aromatic N) is 1. The highest BCUT2D eigenvalue weighted by Crippen LogP contribution is 2.45. The van der Waals surface area contributed by atoms with Crippen LogP contribution in [-0.4, -0.2) is 37.6 Å². The molecule has 1 aliphatic heterocycles. The van der Waals surface area contributed by atoms with E-state index in [1.165, 1.54) is 0 Å². The summed E-state index contributed by atoms with van der Waals surface area (Å²) in [5.41, 5.74) is 0.642. The second kappa shape index (κ2) is 6.88. The Bertz CT molecular complexity index is 632.